The highest BCUT2D eigenvalue weighted by atomic mass is 15.3. The van der Waals surface area contributed by atoms with E-state index in [9.17, 15) is 0 Å². The van der Waals surface area contributed by atoms with Gasteiger partial charge >= 0.3 is 0 Å². The van der Waals surface area contributed by atoms with E-state index in [0.29, 0.717) is 17.6 Å². The van der Waals surface area contributed by atoms with Gasteiger partial charge in [0.05, 0.1) is 22.6 Å². The van der Waals surface area contributed by atoms with Gasteiger partial charge in [0.2, 0.25) is 5.95 Å². The molecule has 210 valence electrons. The van der Waals surface area contributed by atoms with Crippen LogP contribution in [-0.2, 0) is 0 Å². The first kappa shape index (κ1) is 25.3. The van der Waals surface area contributed by atoms with Gasteiger partial charge in [-0.25, -0.2) is 9.97 Å². The Morgan fingerprint density at radius 1 is 0.400 bits per heavy atom. The Morgan fingerprint density at radius 3 is 1.64 bits per heavy atom. The topological polar surface area (TPSA) is 54.8 Å². The molecule has 0 fully saturated rings. The average molecular weight is 576 g/mol. The number of hydrogen-bond donors (Lipinski definition) is 0. The van der Waals surface area contributed by atoms with Gasteiger partial charge in [0, 0.05) is 27.5 Å². The zero-order chi connectivity index (χ0) is 29.7. The third-order valence-corrected chi connectivity index (χ3v) is 8.44. The molecule has 0 amide bonds. The Hall–Kier alpha value is -6.20. The molecule has 5 heteroatoms. The van der Waals surface area contributed by atoms with E-state index < -0.39 is 0 Å². The van der Waals surface area contributed by atoms with Gasteiger partial charge in [-0.15, -0.1) is 0 Å². The van der Waals surface area contributed by atoms with Gasteiger partial charge in [0.1, 0.15) is 0 Å². The van der Waals surface area contributed by atoms with Gasteiger partial charge in [-0.3, -0.25) is 4.90 Å². The fourth-order valence-corrected chi connectivity index (χ4v) is 6.43. The van der Waals surface area contributed by atoms with E-state index in [-0.39, 0.29) is 0 Å². The van der Waals surface area contributed by atoms with E-state index >= 15 is 0 Å². The highest BCUT2D eigenvalue weighted by Gasteiger charge is 2.32. The number of nitrogens with zero attached hydrogens (tertiary/aromatic N) is 5. The normalized spacial score (nSPS) is 12.0. The molecule has 2 aromatic heterocycles. The Kier molecular flexibility index (Phi) is 5.74. The first-order valence-electron chi connectivity index (χ1n) is 15.0. The fraction of sp³-hybridized carbons (Fsp3) is 0. The first-order valence-corrected chi connectivity index (χ1v) is 15.0. The van der Waals surface area contributed by atoms with Crippen molar-refractivity contribution in [1.29, 1.82) is 0 Å². The van der Waals surface area contributed by atoms with Crippen molar-refractivity contribution in [2.45, 2.75) is 0 Å². The number of aromatic nitrogens is 4. The molecule has 1 aliphatic rings. The van der Waals surface area contributed by atoms with Crippen LogP contribution in [0.2, 0.25) is 0 Å². The molecule has 45 heavy (non-hydrogen) atoms. The Balaban J connectivity index is 1.41. The molecule has 0 bridgehead atoms. The number of hydrogen-bond acceptors (Lipinski definition) is 5. The van der Waals surface area contributed by atoms with Crippen molar-refractivity contribution in [1.82, 2.24) is 19.9 Å². The molecule has 0 aliphatic carbocycles. The third kappa shape index (κ3) is 4.09. The maximum absolute atomic E-state index is 5.34. The Labute approximate surface area is 260 Å². The van der Waals surface area contributed by atoms with Gasteiger partial charge in [0.15, 0.2) is 11.6 Å². The minimum Gasteiger partial charge on any atom is -0.278 e. The molecule has 9 rings (SSSR count). The standard InChI is InChI=1S/C40H25N5/c1-4-14-26(15-5-1)29-21-12-24-33-35(29)37-36-31(30-20-10-11-23-32(30)41-37)22-13-25-34(36)45(33)40-43-38(27-16-6-2-7-17-27)42-39(44-40)28-18-8-3-9-19-28/h1-25H. The second kappa shape index (κ2) is 10.2. The molecule has 0 atom stereocenters. The van der Waals surface area contributed by atoms with Crippen LogP contribution in [0.4, 0.5) is 17.3 Å². The minimum atomic E-state index is 0.556. The lowest BCUT2D eigenvalue weighted by molar-refractivity contribution is 1.02. The third-order valence-electron chi connectivity index (χ3n) is 8.44. The molecule has 1 aliphatic heterocycles. The summed E-state index contributed by atoms with van der Waals surface area (Å²) in [5, 5.41) is 3.34. The second-order valence-electron chi connectivity index (χ2n) is 11.1. The van der Waals surface area contributed by atoms with Crippen LogP contribution in [-0.4, -0.2) is 19.9 Å². The molecular weight excluding hydrogens is 550 g/mol. The van der Waals surface area contributed by atoms with E-state index in [2.05, 4.69) is 89.8 Å². The van der Waals surface area contributed by atoms with Crippen molar-refractivity contribution in [2.24, 2.45) is 0 Å². The van der Waals surface area contributed by atoms with E-state index in [4.69, 9.17) is 19.9 Å². The highest BCUT2D eigenvalue weighted by Crippen LogP contribution is 2.53. The SMILES string of the molecule is c1ccc(-c2nc(-c3ccccc3)nc(N3c4cccc(-c5ccccc5)c4-c4nc5ccccc5c5cccc3c45)n2)cc1. The molecule has 6 aromatic carbocycles. The fourth-order valence-electron chi connectivity index (χ4n) is 6.43. The predicted octanol–water partition coefficient (Wildman–Crippen LogP) is 10.0. The Morgan fingerprint density at radius 2 is 0.956 bits per heavy atom. The number of benzene rings is 6. The molecule has 0 N–H and O–H groups in total. The summed E-state index contributed by atoms with van der Waals surface area (Å²) in [4.78, 5) is 22.8. The van der Waals surface area contributed by atoms with Crippen LogP contribution in [0, 0.1) is 0 Å². The van der Waals surface area contributed by atoms with Crippen molar-refractivity contribution < 1.29 is 0 Å². The minimum absolute atomic E-state index is 0.556. The lowest BCUT2D eigenvalue weighted by Gasteiger charge is -2.33. The van der Waals surface area contributed by atoms with Gasteiger partial charge in [0.25, 0.3) is 0 Å². The largest absolute Gasteiger partial charge is 0.278 e. The average Bonchev–Trinajstić information content (AvgIpc) is 3.12. The molecular formula is C40H25N5. The molecule has 0 saturated carbocycles. The lowest BCUT2D eigenvalue weighted by Crippen LogP contribution is -2.19. The van der Waals surface area contributed by atoms with E-state index in [1.54, 1.807) is 0 Å². The number of para-hydroxylation sites is 1. The summed E-state index contributed by atoms with van der Waals surface area (Å²) in [5.74, 6) is 1.80. The smallest absolute Gasteiger partial charge is 0.238 e. The number of rotatable bonds is 4. The van der Waals surface area contributed by atoms with Crippen LogP contribution >= 0.6 is 0 Å². The van der Waals surface area contributed by atoms with Gasteiger partial charge in [-0.2, -0.15) is 9.97 Å². The quantitative estimate of drug-likeness (QED) is 0.196. The molecule has 8 aromatic rings. The lowest BCUT2D eigenvalue weighted by atomic mass is 9.88. The maximum atomic E-state index is 5.34. The van der Waals surface area contributed by atoms with Crippen LogP contribution < -0.4 is 4.90 Å². The van der Waals surface area contributed by atoms with E-state index in [1.807, 2.05) is 66.7 Å². The van der Waals surface area contributed by atoms with Crippen molar-refractivity contribution >= 4 is 39.0 Å². The summed E-state index contributed by atoms with van der Waals surface area (Å²) < 4.78 is 0. The summed E-state index contributed by atoms with van der Waals surface area (Å²) in [6.07, 6.45) is 0. The number of fused-ring (bicyclic) bond motifs is 4. The zero-order valence-electron chi connectivity index (χ0n) is 24.2. The van der Waals surface area contributed by atoms with Crippen LogP contribution in [0.15, 0.2) is 152 Å². The molecule has 5 nitrogen and oxygen atoms in total. The second-order valence-corrected chi connectivity index (χ2v) is 11.1. The zero-order valence-corrected chi connectivity index (χ0v) is 24.2. The van der Waals surface area contributed by atoms with Crippen LogP contribution in [0.1, 0.15) is 0 Å². The first-order chi connectivity index (χ1) is 22.3. The number of anilines is 3. The van der Waals surface area contributed by atoms with Crippen molar-refractivity contribution in [3.8, 4) is 45.2 Å². The van der Waals surface area contributed by atoms with Gasteiger partial charge in [-0.05, 0) is 34.7 Å². The molecule has 0 spiro atoms. The summed E-state index contributed by atoms with van der Waals surface area (Å²) in [6.45, 7) is 0. The summed E-state index contributed by atoms with van der Waals surface area (Å²) >= 11 is 0. The predicted molar refractivity (Wildman–Crippen MR) is 183 cm³/mol. The van der Waals surface area contributed by atoms with Gasteiger partial charge < -0.3 is 0 Å². The van der Waals surface area contributed by atoms with Crippen molar-refractivity contribution in [3.05, 3.63) is 152 Å². The molecule has 0 saturated heterocycles. The van der Waals surface area contributed by atoms with Crippen LogP contribution in [0.3, 0.4) is 0 Å². The number of pyridine rings is 1. The van der Waals surface area contributed by atoms with E-state index in [0.717, 1.165) is 66.6 Å². The Bertz CT molecular complexity index is 2310. The van der Waals surface area contributed by atoms with Gasteiger partial charge in [-0.1, -0.05) is 133 Å². The molecule has 0 unspecified atom stereocenters. The molecule has 0 radical (unpaired) electrons. The summed E-state index contributed by atoms with van der Waals surface area (Å²) in [6, 6.07) is 52.0. The summed E-state index contributed by atoms with van der Waals surface area (Å²) in [5.41, 5.74) is 9.05. The van der Waals surface area contributed by atoms with Crippen LogP contribution in [0.25, 0.3) is 66.8 Å². The van der Waals surface area contributed by atoms with E-state index in [1.165, 1.54) is 0 Å². The molecule has 3 heterocycles. The van der Waals surface area contributed by atoms with Crippen LogP contribution in [0.5, 0.6) is 0 Å². The van der Waals surface area contributed by atoms with Crippen molar-refractivity contribution in [3.63, 3.8) is 0 Å². The maximum Gasteiger partial charge on any atom is 0.238 e. The highest BCUT2D eigenvalue weighted by molar-refractivity contribution is 6.21. The monoisotopic (exact) mass is 575 g/mol. The van der Waals surface area contributed by atoms with Crippen molar-refractivity contribution in [2.75, 3.05) is 4.90 Å². The summed E-state index contributed by atoms with van der Waals surface area (Å²) in [7, 11) is 0.